The standard InChI is InChI=1S/C54H37N/c1-3-17-38(18-4-1)44-24-11-14-29-50(44)54-47(40-19-5-2-6-20-40)30-16-32-53(54)55(52-31-15-23-39-21-7-10-26-46(39)52)43-35-33-41(34-36-43)51-37-42-22-8-9-25-45(42)48-27-12-13-28-49(48)51/h1-37H. The Labute approximate surface area is 322 Å². The van der Waals surface area contributed by atoms with E-state index in [0.29, 0.717) is 0 Å². The molecule has 0 radical (unpaired) electrons. The van der Waals surface area contributed by atoms with Crippen molar-refractivity contribution in [2.24, 2.45) is 0 Å². The number of anilines is 3. The van der Waals surface area contributed by atoms with Crippen LogP contribution < -0.4 is 4.90 Å². The normalized spacial score (nSPS) is 11.3. The number of hydrogen-bond donors (Lipinski definition) is 0. The average molecular weight is 700 g/mol. The molecule has 0 heterocycles. The number of benzene rings is 10. The van der Waals surface area contributed by atoms with E-state index >= 15 is 0 Å². The summed E-state index contributed by atoms with van der Waals surface area (Å²) in [6, 6.07) is 81.5. The highest BCUT2D eigenvalue weighted by Gasteiger charge is 2.24. The molecule has 0 aliphatic heterocycles. The summed E-state index contributed by atoms with van der Waals surface area (Å²) in [6.07, 6.45) is 0. The van der Waals surface area contributed by atoms with Gasteiger partial charge >= 0.3 is 0 Å². The van der Waals surface area contributed by atoms with Crippen LogP contribution in [0.4, 0.5) is 17.1 Å². The molecule has 10 rings (SSSR count). The van der Waals surface area contributed by atoms with Crippen molar-refractivity contribution in [3.63, 3.8) is 0 Å². The van der Waals surface area contributed by atoms with E-state index in [2.05, 4.69) is 229 Å². The van der Waals surface area contributed by atoms with Gasteiger partial charge in [0.05, 0.1) is 11.4 Å². The minimum atomic E-state index is 1.09. The van der Waals surface area contributed by atoms with E-state index in [1.165, 1.54) is 76.8 Å². The fourth-order valence-corrected chi connectivity index (χ4v) is 8.33. The molecule has 0 unspecified atom stereocenters. The predicted molar refractivity (Wildman–Crippen MR) is 235 cm³/mol. The fraction of sp³-hybridized carbons (Fsp3) is 0. The van der Waals surface area contributed by atoms with Gasteiger partial charge < -0.3 is 4.90 Å². The van der Waals surface area contributed by atoms with E-state index in [0.717, 1.165) is 17.1 Å². The summed E-state index contributed by atoms with van der Waals surface area (Å²) in [5.74, 6) is 0. The monoisotopic (exact) mass is 699 g/mol. The first-order valence-electron chi connectivity index (χ1n) is 18.9. The van der Waals surface area contributed by atoms with Crippen LogP contribution in [0, 0.1) is 0 Å². The number of fused-ring (bicyclic) bond motifs is 4. The van der Waals surface area contributed by atoms with E-state index in [1.54, 1.807) is 0 Å². The van der Waals surface area contributed by atoms with Crippen LogP contribution in [0.5, 0.6) is 0 Å². The summed E-state index contributed by atoms with van der Waals surface area (Å²) in [4.78, 5) is 2.47. The van der Waals surface area contributed by atoms with Crippen LogP contribution in [0.3, 0.4) is 0 Å². The van der Waals surface area contributed by atoms with Crippen molar-refractivity contribution in [3.05, 3.63) is 224 Å². The minimum absolute atomic E-state index is 1.09. The highest BCUT2D eigenvalue weighted by Crippen LogP contribution is 2.49. The van der Waals surface area contributed by atoms with Crippen molar-refractivity contribution in [1.82, 2.24) is 0 Å². The summed E-state index contributed by atoms with van der Waals surface area (Å²) >= 11 is 0. The number of rotatable bonds is 7. The van der Waals surface area contributed by atoms with Gasteiger partial charge in [-0.05, 0) is 96.2 Å². The van der Waals surface area contributed by atoms with Crippen LogP contribution in [0.25, 0.3) is 76.8 Å². The van der Waals surface area contributed by atoms with Crippen LogP contribution in [-0.4, -0.2) is 0 Å². The first-order chi connectivity index (χ1) is 27.3. The zero-order valence-corrected chi connectivity index (χ0v) is 30.3. The predicted octanol–water partition coefficient (Wildman–Crippen LogP) is 15.3. The molecule has 0 aliphatic carbocycles. The molecule has 1 nitrogen and oxygen atoms in total. The van der Waals surface area contributed by atoms with Crippen LogP contribution in [-0.2, 0) is 0 Å². The second-order valence-electron chi connectivity index (χ2n) is 14.0. The van der Waals surface area contributed by atoms with Gasteiger partial charge in [-0.2, -0.15) is 0 Å². The maximum atomic E-state index is 2.47. The van der Waals surface area contributed by atoms with Crippen molar-refractivity contribution in [2.75, 3.05) is 4.90 Å². The van der Waals surface area contributed by atoms with Crippen molar-refractivity contribution in [2.45, 2.75) is 0 Å². The summed E-state index contributed by atoms with van der Waals surface area (Å²) in [6.45, 7) is 0. The molecule has 0 saturated carbocycles. The van der Waals surface area contributed by atoms with Gasteiger partial charge in [0.15, 0.2) is 0 Å². The SMILES string of the molecule is c1ccc(-c2ccccc2-c2c(-c3ccccc3)cccc2N(c2ccc(-c3cc4ccccc4c4ccccc34)cc2)c2cccc3ccccc23)cc1. The van der Waals surface area contributed by atoms with E-state index in [4.69, 9.17) is 0 Å². The first-order valence-corrected chi connectivity index (χ1v) is 18.9. The van der Waals surface area contributed by atoms with Crippen molar-refractivity contribution in [3.8, 4) is 44.5 Å². The van der Waals surface area contributed by atoms with Crippen molar-refractivity contribution >= 4 is 49.4 Å². The van der Waals surface area contributed by atoms with Crippen molar-refractivity contribution < 1.29 is 0 Å². The molecule has 10 aromatic rings. The highest BCUT2D eigenvalue weighted by molar-refractivity contribution is 6.14. The van der Waals surface area contributed by atoms with Gasteiger partial charge in [0.1, 0.15) is 0 Å². The zero-order chi connectivity index (χ0) is 36.6. The lowest BCUT2D eigenvalue weighted by Crippen LogP contribution is -2.12. The molecule has 0 amide bonds. The smallest absolute Gasteiger partial charge is 0.0546 e. The Morgan fingerprint density at radius 3 is 1.49 bits per heavy atom. The molecule has 0 aromatic heterocycles. The quantitative estimate of drug-likeness (QED) is 0.150. The summed E-state index contributed by atoms with van der Waals surface area (Å²) in [5, 5.41) is 7.46. The third-order valence-electron chi connectivity index (χ3n) is 10.9. The lowest BCUT2D eigenvalue weighted by molar-refractivity contribution is 1.30. The van der Waals surface area contributed by atoms with Gasteiger partial charge in [0.25, 0.3) is 0 Å². The van der Waals surface area contributed by atoms with Crippen LogP contribution in [0.1, 0.15) is 0 Å². The Morgan fingerprint density at radius 2 is 0.745 bits per heavy atom. The third-order valence-corrected chi connectivity index (χ3v) is 10.9. The third kappa shape index (κ3) is 5.84. The maximum Gasteiger partial charge on any atom is 0.0546 e. The topological polar surface area (TPSA) is 3.24 Å². The molecule has 0 saturated heterocycles. The summed E-state index contributed by atoms with van der Waals surface area (Å²) in [5.41, 5.74) is 12.9. The Balaban J connectivity index is 1.24. The minimum Gasteiger partial charge on any atom is -0.309 e. The lowest BCUT2D eigenvalue weighted by Gasteiger charge is -2.31. The largest absolute Gasteiger partial charge is 0.309 e. The molecule has 0 spiro atoms. The van der Waals surface area contributed by atoms with E-state index in [-0.39, 0.29) is 0 Å². The second kappa shape index (κ2) is 14.0. The second-order valence-corrected chi connectivity index (χ2v) is 14.0. The van der Waals surface area contributed by atoms with Gasteiger partial charge in [-0.3, -0.25) is 0 Å². The van der Waals surface area contributed by atoms with Crippen LogP contribution in [0.2, 0.25) is 0 Å². The van der Waals surface area contributed by atoms with Gasteiger partial charge in [0.2, 0.25) is 0 Å². The van der Waals surface area contributed by atoms with Gasteiger partial charge in [-0.15, -0.1) is 0 Å². The summed E-state index contributed by atoms with van der Waals surface area (Å²) in [7, 11) is 0. The average Bonchev–Trinajstić information content (AvgIpc) is 3.27. The first kappa shape index (κ1) is 32.4. The molecule has 0 N–H and O–H groups in total. The molecule has 0 bridgehead atoms. The molecule has 258 valence electrons. The maximum absolute atomic E-state index is 2.47. The Bertz CT molecular complexity index is 2960. The van der Waals surface area contributed by atoms with Crippen LogP contribution in [0.15, 0.2) is 224 Å². The van der Waals surface area contributed by atoms with E-state index in [9.17, 15) is 0 Å². The Morgan fingerprint density at radius 1 is 0.255 bits per heavy atom. The molecule has 0 aliphatic rings. The van der Waals surface area contributed by atoms with Gasteiger partial charge in [-0.1, -0.05) is 194 Å². The fourth-order valence-electron chi connectivity index (χ4n) is 8.33. The molecule has 0 fully saturated rings. The number of nitrogens with zero attached hydrogens (tertiary/aromatic N) is 1. The highest BCUT2D eigenvalue weighted by atomic mass is 15.1. The molecule has 55 heavy (non-hydrogen) atoms. The molecule has 0 atom stereocenters. The van der Waals surface area contributed by atoms with Crippen LogP contribution >= 0.6 is 0 Å². The molecular formula is C54H37N. The van der Waals surface area contributed by atoms with Gasteiger partial charge in [0, 0.05) is 16.6 Å². The van der Waals surface area contributed by atoms with Crippen molar-refractivity contribution in [1.29, 1.82) is 0 Å². The summed E-state index contributed by atoms with van der Waals surface area (Å²) < 4.78 is 0. The number of hydrogen-bond acceptors (Lipinski definition) is 1. The van der Waals surface area contributed by atoms with Gasteiger partial charge in [-0.25, -0.2) is 0 Å². The molecule has 1 heteroatoms. The van der Waals surface area contributed by atoms with E-state index < -0.39 is 0 Å². The van der Waals surface area contributed by atoms with E-state index in [1.807, 2.05) is 0 Å². The molecular weight excluding hydrogens is 663 g/mol. The Kier molecular flexibility index (Phi) is 8.24. The Hall–Kier alpha value is -7.22. The lowest BCUT2D eigenvalue weighted by atomic mass is 9.87. The zero-order valence-electron chi connectivity index (χ0n) is 30.3. The molecule has 10 aromatic carbocycles.